The van der Waals surface area contributed by atoms with E-state index in [2.05, 4.69) is 18.7 Å². The fourth-order valence-electron chi connectivity index (χ4n) is 4.01. The maximum Gasteiger partial charge on any atom is 0.191 e. The standard InChI is InChI=1S/C25H27Cl2NO2/c1-16(2)10-19-4-5-20(15-24(19)28-3)25-22(26)13-18(14-23(25)27)12-21(29)11-17-6-8-30-9-7-17/h4-5,13-17H,6-12H2,1-2H3. The van der Waals surface area contributed by atoms with Crippen molar-refractivity contribution in [3.8, 4) is 11.1 Å². The van der Waals surface area contributed by atoms with E-state index in [9.17, 15) is 4.79 Å². The Hall–Kier alpha value is -1.86. The molecule has 0 N–H and O–H groups in total. The van der Waals surface area contributed by atoms with Gasteiger partial charge in [0.25, 0.3) is 0 Å². The zero-order chi connectivity index (χ0) is 21.7. The predicted octanol–water partition coefficient (Wildman–Crippen LogP) is 7.34. The second kappa shape index (κ2) is 10.4. The largest absolute Gasteiger partial charge is 0.381 e. The van der Waals surface area contributed by atoms with Crippen LogP contribution in [-0.4, -0.2) is 19.0 Å². The van der Waals surface area contributed by atoms with Crippen LogP contribution in [0.25, 0.3) is 16.0 Å². The molecule has 1 aliphatic heterocycles. The number of hydrogen-bond donors (Lipinski definition) is 0. The van der Waals surface area contributed by atoms with E-state index in [1.54, 1.807) is 0 Å². The molecule has 0 unspecified atom stereocenters. The van der Waals surface area contributed by atoms with Gasteiger partial charge < -0.3 is 4.74 Å². The summed E-state index contributed by atoms with van der Waals surface area (Å²) in [4.78, 5) is 16.2. The maximum absolute atomic E-state index is 12.5. The van der Waals surface area contributed by atoms with Gasteiger partial charge >= 0.3 is 0 Å². The molecule has 0 radical (unpaired) electrons. The molecule has 2 aromatic rings. The highest BCUT2D eigenvalue weighted by atomic mass is 35.5. The van der Waals surface area contributed by atoms with E-state index in [4.69, 9.17) is 34.5 Å². The molecule has 158 valence electrons. The normalized spacial score (nSPS) is 14.7. The smallest absolute Gasteiger partial charge is 0.191 e. The summed E-state index contributed by atoms with van der Waals surface area (Å²) in [5, 5.41) is 1.01. The van der Waals surface area contributed by atoms with E-state index >= 15 is 0 Å². The highest BCUT2D eigenvalue weighted by molar-refractivity contribution is 6.39. The van der Waals surface area contributed by atoms with Crippen LogP contribution >= 0.6 is 23.2 Å². The van der Waals surface area contributed by atoms with Crippen LogP contribution in [0.1, 0.15) is 44.2 Å². The van der Waals surface area contributed by atoms with Gasteiger partial charge in [0.1, 0.15) is 5.78 Å². The molecule has 0 aromatic heterocycles. The number of ketones is 1. The monoisotopic (exact) mass is 443 g/mol. The van der Waals surface area contributed by atoms with Crippen LogP contribution in [0.3, 0.4) is 0 Å². The summed E-state index contributed by atoms with van der Waals surface area (Å²) in [5.74, 6) is 1.09. The van der Waals surface area contributed by atoms with E-state index in [1.165, 1.54) is 0 Å². The van der Waals surface area contributed by atoms with Gasteiger partial charge in [0, 0.05) is 31.6 Å². The Labute approximate surface area is 189 Å². The van der Waals surface area contributed by atoms with Gasteiger partial charge in [-0.3, -0.25) is 4.79 Å². The summed E-state index contributed by atoms with van der Waals surface area (Å²) in [6.45, 7) is 13.3. The Kier molecular flexibility index (Phi) is 7.94. The van der Waals surface area contributed by atoms with Crippen molar-refractivity contribution in [1.82, 2.24) is 0 Å². The molecular weight excluding hydrogens is 417 g/mol. The maximum atomic E-state index is 12.5. The van der Waals surface area contributed by atoms with Crippen LogP contribution in [0.5, 0.6) is 0 Å². The summed E-state index contributed by atoms with van der Waals surface area (Å²) in [7, 11) is 0. The fraction of sp³-hybridized carbons (Fsp3) is 0.440. The second-order valence-electron chi connectivity index (χ2n) is 8.46. The van der Waals surface area contributed by atoms with Crippen molar-refractivity contribution in [3.63, 3.8) is 0 Å². The van der Waals surface area contributed by atoms with Gasteiger partial charge in [-0.1, -0.05) is 49.2 Å². The number of carbonyl (C=O) groups excluding carboxylic acids is 1. The molecule has 0 saturated carbocycles. The fourth-order valence-corrected chi connectivity index (χ4v) is 4.76. The quantitative estimate of drug-likeness (QED) is 0.419. The molecular formula is C25H27Cl2NO2. The van der Waals surface area contributed by atoms with Crippen molar-refractivity contribution in [2.24, 2.45) is 11.8 Å². The predicted molar refractivity (Wildman–Crippen MR) is 124 cm³/mol. The van der Waals surface area contributed by atoms with Crippen LogP contribution < -0.4 is 0 Å². The minimum Gasteiger partial charge on any atom is -0.381 e. The highest BCUT2D eigenvalue weighted by Crippen LogP contribution is 2.38. The Morgan fingerprint density at radius 2 is 1.83 bits per heavy atom. The van der Waals surface area contributed by atoms with Crippen molar-refractivity contribution in [2.45, 2.75) is 46.0 Å². The van der Waals surface area contributed by atoms with Crippen LogP contribution in [0.2, 0.25) is 10.0 Å². The number of carbonyl (C=O) groups is 1. The molecule has 1 heterocycles. The van der Waals surface area contributed by atoms with Crippen molar-refractivity contribution in [2.75, 3.05) is 13.2 Å². The third-order valence-corrected chi connectivity index (χ3v) is 6.08. The molecule has 30 heavy (non-hydrogen) atoms. The molecule has 1 fully saturated rings. The first kappa shape index (κ1) is 22.8. The lowest BCUT2D eigenvalue weighted by atomic mass is 9.91. The number of Topliss-reactive ketones (excluding diaryl/α,β-unsaturated/α-hetero) is 1. The molecule has 0 atom stereocenters. The molecule has 2 aromatic carbocycles. The van der Waals surface area contributed by atoms with E-state index in [1.807, 2.05) is 30.3 Å². The molecule has 0 bridgehead atoms. The van der Waals surface area contributed by atoms with Crippen LogP contribution in [-0.2, 0) is 22.4 Å². The van der Waals surface area contributed by atoms with Crippen LogP contribution in [0.4, 0.5) is 5.69 Å². The Bertz CT molecular complexity index is 933. The van der Waals surface area contributed by atoms with Gasteiger partial charge in [0.15, 0.2) is 5.69 Å². The SMILES string of the molecule is [C-]#[N+]c1cc(-c2c(Cl)cc(CC(=O)CC3CCOCC3)cc2Cl)ccc1CC(C)C. The van der Waals surface area contributed by atoms with E-state index < -0.39 is 0 Å². The van der Waals surface area contributed by atoms with Gasteiger partial charge in [-0.15, -0.1) is 0 Å². The first-order valence-corrected chi connectivity index (χ1v) is 11.2. The highest BCUT2D eigenvalue weighted by Gasteiger charge is 2.19. The summed E-state index contributed by atoms with van der Waals surface area (Å²) in [6, 6.07) is 9.46. The lowest BCUT2D eigenvalue weighted by molar-refractivity contribution is -0.120. The average Bonchev–Trinajstić information content (AvgIpc) is 2.68. The molecule has 5 heteroatoms. The summed E-state index contributed by atoms with van der Waals surface area (Å²) < 4.78 is 5.36. The lowest BCUT2D eigenvalue weighted by Crippen LogP contribution is -2.19. The molecule has 3 rings (SSSR count). The molecule has 0 spiro atoms. The van der Waals surface area contributed by atoms with E-state index in [-0.39, 0.29) is 5.78 Å². The number of ether oxygens (including phenoxy) is 1. The Balaban J connectivity index is 1.79. The molecule has 0 aliphatic carbocycles. The van der Waals surface area contributed by atoms with Crippen LogP contribution in [0.15, 0.2) is 30.3 Å². The van der Waals surface area contributed by atoms with Gasteiger partial charge in [-0.05, 0) is 66.0 Å². The number of nitrogens with zero attached hydrogens (tertiary/aromatic N) is 1. The molecule has 1 aliphatic rings. The summed E-state index contributed by atoms with van der Waals surface area (Å²) >= 11 is 13.1. The number of halogens is 2. The van der Waals surface area contributed by atoms with Gasteiger partial charge in [-0.25, -0.2) is 4.85 Å². The Morgan fingerprint density at radius 1 is 1.17 bits per heavy atom. The number of hydrogen-bond acceptors (Lipinski definition) is 2. The molecule has 0 amide bonds. The van der Waals surface area contributed by atoms with Crippen molar-refractivity contribution >= 4 is 34.7 Å². The van der Waals surface area contributed by atoms with Gasteiger partial charge in [-0.2, -0.15) is 0 Å². The first-order chi connectivity index (χ1) is 14.4. The average molecular weight is 444 g/mol. The lowest BCUT2D eigenvalue weighted by Gasteiger charge is -2.21. The zero-order valence-electron chi connectivity index (χ0n) is 17.5. The van der Waals surface area contributed by atoms with Crippen molar-refractivity contribution < 1.29 is 9.53 Å². The molecule has 1 saturated heterocycles. The third kappa shape index (κ3) is 5.85. The Morgan fingerprint density at radius 3 is 2.43 bits per heavy atom. The number of benzene rings is 2. The van der Waals surface area contributed by atoms with Crippen molar-refractivity contribution in [3.05, 3.63) is 62.9 Å². The van der Waals surface area contributed by atoms with E-state index in [0.717, 1.165) is 49.2 Å². The van der Waals surface area contributed by atoms with Gasteiger partial charge in [0.2, 0.25) is 0 Å². The van der Waals surface area contributed by atoms with Gasteiger partial charge in [0.05, 0.1) is 16.6 Å². The summed E-state index contributed by atoms with van der Waals surface area (Å²) in [5.41, 5.74) is 4.02. The number of rotatable bonds is 7. The molecule has 3 nitrogen and oxygen atoms in total. The third-order valence-electron chi connectivity index (χ3n) is 5.48. The zero-order valence-corrected chi connectivity index (χ0v) is 19.0. The first-order valence-electron chi connectivity index (χ1n) is 10.5. The van der Waals surface area contributed by atoms with Crippen molar-refractivity contribution in [1.29, 1.82) is 0 Å². The minimum absolute atomic E-state index is 0.204. The minimum atomic E-state index is 0.204. The summed E-state index contributed by atoms with van der Waals surface area (Å²) in [6.07, 6.45) is 3.65. The topological polar surface area (TPSA) is 30.7 Å². The second-order valence-corrected chi connectivity index (χ2v) is 9.28. The van der Waals surface area contributed by atoms with E-state index in [0.29, 0.717) is 46.0 Å². The van der Waals surface area contributed by atoms with Crippen LogP contribution in [0, 0.1) is 18.4 Å².